The van der Waals surface area contributed by atoms with Gasteiger partial charge in [-0.1, -0.05) is 30.3 Å². The molecular weight excluding hydrogens is 258 g/mol. The molecule has 6 nitrogen and oxygen atoms in total. The summed E-state index contributed by atoms with van der Waals surface area (Å²) in [6.07, 6.45) is 0. The Bertz CT molecular complexity index is 602. The molecular formula is C14H15N3O3. The van der Waals surface area contributed by atoms with Gasteiger partial charge in [-0.25, -0.2) is 0 Å². The largest absolute Gasteiger partial charge is 0.394 e. The number of aliphatic hydroxyl groups excluding tert-OH is 1. The molecule has 6 heteroatoms. The second-order valence-electron chi connectivity index (χ2n) is 4.32. The molecule has 0 fully saturated rings. The van der Waals surface area contributed by atoms with Crippen molar-refractivity contribution in [3.8, 4) is 0 Å². The minimum absolute atomic E-state index is 0.0877. The molecule has 2 aromatic carbocycles. The minimum atomic E-state index is -0.528. The molecule has 0 aromatic heterocycles. The van der Waals surface area contributed by atoms with E-state index in [0.29, 0.717) is 5.69 Å². The van der Waals surface area contributed by atoms with Crippen molar-refractivity contribution >= 4 is 17.1 Å². The lowest BCUT2D eigenvalue weighted by Gasteiger charge is -2.18. The average Bonchev–Trinajstić information content (AvgIpc) is 2.45. The van der Waals surface area contributed by atoms with Gasteiger partial charge >= 0.3 is 0 Å². The molecule has 0 aliphatic carbocycles. The molecule has 20 heavy (non-hydrogen) atoms. The van der Waals surface area contributed by atoms with Crippen molar-refractivity contribution in [2.45, 2.75) is 6.04 Å². The zero-order valence-corrected chi connectivity index (χ0v) is 10.7. The highest BCUT2D eigenvalue weighted by Crippen LogP contribution is 2.27. The first-order valence-electron chi connectivity index (χ1n) is 6.08. The number of nitro groups is 1. The van der Waals surface area contributed by atoms with E-state index in [2.05, 4.69) is 5.32 Å². The summed E-state index contributed by atoms with van der Waals surface area (Å²) in [6, 6.07) is 13.5. The highest BCUT2D eigenvalue weighted by Gasteiger charge is 2.14. The molecule has 0 spiro atoms. The maximum Gasteiger partial charge on any atom is 0.292 e. The first-order chi connectivity index (χ1) is 9.61. The zero-order chi connectivity index (χ0) is 14.5. The predicted octanol–water partition coefficient (Wildman–Crippen LogP) is 2.32. The lowest BCUT2D eigenvalue weighted by atomic mass is 10.1. The van der Waals surface area contributed by atoms with Crippen LogP contribution in [0.2, 0.25) is 0 Å². The zero-order valence-electron chi connectivity index (χ0n) is 10.7. The average molecular weight is 273 g/mol. The molecule has 0 saturated carbocycles. The number of aliphatic hydroxyl groups is 1. The second-order valence-corrected chi connectivity index (χ2v) is 4.32. The van der Waals surface area contributed by atoms with Crippen LogP contribution in [-0.4, -0.2) is 16.6 Å². The summed E-state index contributed by atoms with van der Waals surface area (Å²) in [4.78, 5) is 10.2. The van der Waals surface area contributed by atoms with Crippen LogP contribution in [-0.2, 0) is 0 Å². The standard InChI is InChI=1S/C14H15N3O3/c15-12-8-11(6-7-14(12)17(19)20)16-13(9-18)10-4-2-1-3-5-10/h1-8,13,16,18H,9,15H2. The van der Waals surface area contributed by atoms with Crippen molar-refractivity contribution in [1.82, 2.24) is 0 Å². The number of nitrogen functional groups attached to an aromatic ring is 1. The van der Waals surface area contributed by atoms with Crippen LogP contribution >= 0.6 is 0 Å². The molecule has 0 aliphatic heterocycles. The Hall–Kier alpha value is -2.60. The van der Waals surface area contributed by atoms with Crippen molar-refractivity contribution in [2.75, 3.05) is 17.7 Å². The Labute approximate surface area is 116 Å². The summed E-state index contributed by atoms with van der Waals surface area (Å²) < 4.78 is 0. The Balaban J connectivity index is 2.20. The SMILES string of the molecule is Nc1cc(NC(CO)c2ccccc2)ccc1[N+](=O)[O-]. The fourth-order valence-electron chi connectivity index (χ4n) is 1.93. The number of hydrogen-bond acceptors (Lipinski definition) is 5. The van der Waals surface area contributed by atoms with E-state index in [0.717, 1.165) is 5.56 Å². The Morgan fingerprint density at radius 3 is 2.50 bits per heavy atom. The van der Waals surface area contributed by atoms with E-state index in [1.165, 1.54) is 12.1 Å². The molecule has 4 N–H and O–H groups in total. The Kier molecular flexibility index (Phi) is 4.17. The van der Waals surface area contributed by atoms with Gasteiger partial charge in [-0.05, 0) is 17.7 Å². The van der Waals surface area contributed by atoms with E-state index in [9.17, 15) is 15.2 Å². The van der Waals surface area contributed by atoms with Crippen molar-refractivity contribution in [3.63, 3.8) is 0 Å². The predicted molar refractivity (Wildman–Crippen MR) is 77.4 cm³/mol. The number of nitrogens with one attached hydrogen (secondary N) is 1. The fraction of sp³-hybridized carbons (Fsp3) is 0.143. The summed E-state index contributed by atoms with van der Waals surface area (Å²) in [7, 11) is 0. The Morgan fingerprint density at radius 1 is 1.25 bits per heavy atom. The van der Waals surface area contributed by atoms with Crippen molar-refractivity contribution < 1.29 is 10.0 Å². The lowest BCUT2D eigenvalue weighted by molar-refractivity contribution is -0.383. The van der Waals surface area contributed by atoms with Crippen LogP contribution in [0.1, 0.15) is 11.6 Å². The summed E-state index contributed by atoms with van der Waals surface area (Å²) >= 11 is 0. The van der Waals surface area contributed by atoms with Gasteiger partial charge in [0, 0.05) is 11.8 Å². The maximum absolute atomic E-state index is 10.7. The van der Waals surface area contributed by atoms with Gasteiger partial charge < -0.3 is 16.2 Å². The molecule has 0 radical (unpaired) electrons. The monoisotopic (exact) mass is 273 g/mol. The summed E-state index contributed by atoms with van der Waals surface area (Å²) in [5, 5.41) is 23.2. The number of hydrogen-bond donors (Lipinski definition) is 3. The molecule has 1 atom stereocenters. The van der Waals surface area contributed by atoms with E-state index in [1.54, 1.807) is 6.07 Å². The third kappa shape index (κ3) is 3.04. The highest BCUT2D eigenvalue weighted by atomic mass is 16.6. The van der Waals surface area contributed by atoms with Crippen LogP contribution in [0, 0.1) is 10.1 Å². The summed E-state index contributed by atoms with van der Waals surface area (Å²) in [6.45, 7) is -0.0963. The molecule has 0 amide bonds. The van der Waals surface area contributed by atoms with Crippen LogP contribution in [0.4, 0.5) is 17.1 Å². The normalized spacial score (nSPS) is 11.8. The van der Waals surface area contributed by atoms with E-state index in [1.807, 2.05) is 30.3 Å². The molecule has 0 aliphatic rings. The third-order valence-corrected chi connectivity index (χ3v) is 2.95. The van der Waals surface area contributed by atoms with Crippen LogP contribution in [0.3, 0.4) is 0 Å². The number of nitrogens with two attached hydrogens (primary N) is 1. The number of nitro benzene ring substituents is 1. The lowest BCUT2D eigenvalue weighted by Crippen LogP contribution is -2.14. The van der Waals surface area contributed by atoms with Crippen LogP contribution in [0.15, 0.2) is 48.5 Å². The van der Waals surface area contributed by atoms with Crippen LogP contribution < -0.4 is 11.1 Å². The summed E-state index contributed by atoms with van der Waals surface area (Å²) in [5.41, 5.74) is 7.14. The second kappa shape index (κ2) is 6.03. The molecule has 0 saturated heterocycles. The number of nitrogens with zero attached hydrogens (tertiary/aromatic N) is 1. The first kappa shape index (κ1) is 13.8. The van der Waals surface area contributed by atoms with Crippen molar-refractivity contribution in [3.05, 3.63) is 64.2 Å². The van der Waals surface area contributed by atoms with Gasteiger partial charge in [0.2, 0.25) is 0 Å². The highest BCUT2D eigenvalue weighted by molar-refractivity contribution is 5.66. The van der Waals surface area contributed by atoms with Gasteiger partial charge in [0.15, 0.2) is 0 Å². The molecule has 0 bridgehead atoms. The van der Waals surface area contributed by atoms with Gasteiger partial charge in [0.05, 0.1) is 17.6 Å². The maximum atomic E-state index is 10.7. The molecule has 0 heterocycles. The number of benzene rings is 2. The van der Waals surface area contributed by atoms with E-state index < -0.39 is 4.92 Å². The summed E-state index contributed by atoms with van der Waals surface area (Å²) in [5.74, 6) is 0. The molecule has 2 rings (SSSR count). The molecule has 2 aromatic rings. The van der Waals surface area contributed by atoms with E-state index in [-0.39, 0.29) is 24.0 Å². The molecule has 1 unspecified atom stereocenters. The topological polar surface area (TPSA) is 101 Å². The fourth-order valence-corrected chi connectivity index (χ4v) is 1.93. The van der Waals surface area contributed by atoms with Crippen LogP contribution in [0.25, 0.3) is 0 Å². The smallest absolute Gasteiger partial charge is 0.292 e. The van der Waals surface area contributed by atoms with E-state index in [4.69, 9.17) is 5.73 Å². The minimum Gasteiger partial charge on any atom is -0.394 e. The van der Waals surface area contributed by atoms with Crippen LogP contribution in [0.5, 0.6) is 0 Å². The van der Waals surface area contributed by atoms with Crippen molar-refractivity contribution in [2.24, 2.45) is 0 Å². The van der Waals surface area contributed by atoms with E-state index >= 15 is 0 Å². The van der Waals surface area contributed by atoms with Crippen molar-refractivity contribution in [1.29, 1.82) is 0 Å². The van der Waals surface area contributed by atoms with Gasteiger partial charge in [0.1, 0.15) is 5.69 Å². The number of anilines is 2. The van der Waals surface area contributed by atoms with Gasteiger partial charge in [-0.2, -0.15) is 0 Å². The molecule has 104 valence electrons. The first-order valence-corrected chi connectivity index (χ1v) is 6.08. The van der Waals surface area contributed by atoms with Gasteiger partial charge in [-0.15, -0.1) is 0 Å². The quantitative estimate of drug-likeness (QED) is 0.441. The van der Waals surface area contributed by atoms with Gasteiger partial charge in [0.25, 0.3) is 5.69 Å². The third-order valence-electron chi connectivity index (χ3n) is 2.95. The number of rotatable bonds is 5. The Morgan fingerprint density at radius 2 is 1.95 bits per heavy atom. The van der Waals surface area contributed by atoms with Gasteiger partial charge in [-0.3, -0.25) is 10.1 Å².